The van der Waals surface area contributed by atoms with E-state index < -0.39 is 12.8 Å². The molecule has 2 aromatic rings. The Morgan fingerprint density at radius 3 is 2.66 bits per heavy atom. The average molecular weight is 413 g/mol. The smallest absolute Gasteiger partial charge is 0.422 e. The van der Waals surface area contributed by atoms with E-state index in [0.717, 1.165) is 29.9 Å². The summed E-state index contributed by atoms with van der Waals surface area (Å²) in [6.07, 6.45) is -1.56. The molecule has 29 heavy (non-hydrogen) atoms. The number of pyridine rings is 1. The Hall–Kier alpha value is -2.78. The van der Waals surface area contributed by atoms with E-state index in [0.29, 0.717) is 24.6 Å². The number of rotatable bonds is 9. The molecule has 2 rings (SSSR count). The van der Waals surface area contributed by atoms with Gasteiger partial charge in [0, 0.05) is 36.8 Å². The Kier molecular flexibility index (Phi) is 8.29. The van der Waals surface area contributed by atoms with Gasteiger partial charge in [-0.15, -0.1) is 0 Å². The molecule has 2 N–H and O–H groups in total. The first kappa shape index (κ1) is 22.5. The lowest BCUT2D eigenvalue weighted by Crippen LogP contribution is -2.37. The highest BCUT2D eigenvalue weighted by atomic mass is 19.4. The topological polar surface area (TPSA) is 84.6 Å². The van der Waals surface area contributed by atoms with Gasteiger partial charge in [0.05, 0.1) is 12.2 Å². The zero-order chi connectivity index (χ0) is 21.3. The normalized spacial score (nSPS) is 12.1. The number of ether oxygens (including phenoxy) is 1. The molecular weight excluding hydrogens is 387 g/mol. The predicted molar refractivity (Wildman–Crippen MR) is 103 cm³/mol. The molecule has 2 heterocycles. The molecule has 0 aliphatic carbocycles. The third-order valence-electron chi connectivity index (χ3n) is 4.01. The summed E-state index contributed by atoms with van der Waals surface area (Å²) in [5.74, 6) is 1.26. The Labute approximate surface area is 167 Å². The van der Waals surface area contributed by atoms with Crippen molar-refractivity contribution in [1.82, 2.24) is 20.8 Å². The van der Waals surface area contributed by atoms with Crippen LogP contribution in [-0.2, 0) is 25.9 Å². The molecule has 0 atom stereocenters. The number of hydrogen-bond acceptors (Lipinski definition) is 5. The number of hydrogen-bond donors (Lipinski definition) is 2. The van der Waals surface area contributed by atoms with Crippen LogP contribution in [0.5, 0.6) is 5.88 Å². The van der Waals surface area contributed by atoms with Crippen LogP contribution >= 0.6 is 0 Å². The molecule has 160 valence electrons. The summed E-state index contributed by atoms with van der Waals surface area (Å²) in [4.78, 5) is 8.33. The number of nitrogens with zero attached hydrogens (tertiary/aromatic N) is 3. The molecule has 0 spiro atoms. The number of aromatic nitrogens is 2. The maximum Gasteiger partial charge on any atom is 0.422 e. The number of nitrogens with one attached hydrogen (secondary N) is 2. The van der Waals surface area contributed by atoms with Crippen molar-refractivity contribution >= 4 is 5.96 Å². The first-order valence-corrected chi connectivity index (χ1v) is 9.49. The second-order valence-corrected chi connectivity index (χ2v) is 6.16. The maximum atomic E-state index is 12.4. The van der Waals surface area contributed by atoms with Crippen LogP contribution in [0.25, 0.3) is 0 Å². The van der Waals surface area contributed by atoms with Crippen molar-refractivity contribution in [2.75, 3.05) is 13.2 Å². The van der Waals surface area contributed by atoms with Crippen LogP contribution in [0.3, 0.4) is 0 Å². The van der Waals surface area contributed by atoms with Crippen molar-refractivity contribution in [1.29, 1.82) is 0 Å². The predicted octanol–water partition coefficient (Wildman–Crippen LogP) is 3.39. The van der Waals surface area contributed by atoms with Crippen molar-refractivity contribution in [3.05, 3.63) is 40.9 Å². The van der Waals surface area contributed by atoms with Crippen molar-refractivity contribution < 1.29 is 22.4 Å². The molecule has 0 aliphatic rings. The van der Waals surface area contributed by atoms with E-state index >= 15 is 0 Å². The minimum atomic E-state index is -4.43. The minimum absolute atomic E-state index is 0.0787. The lowest BCUT2D eigenvalue weighted by Gasteiger charge is -2.13. The Balaban J connectivity index is 2.09. The molecule has 0 saturated carbocycles. The first-order valence-electron chi connectivity index (χ1n) is 9.49. The van der Waals surface area contributed by atoms with Gasteiger partial charge >= 0.3 is 6.18 Å². The Morgan fingerprint density at radius 1 is 1.21 bits per heavy atom. The van der Waals surface area contributed by atoms with E-state index in [2.05, 4.69) is 25.8 Å². The van der Waals surface area contributed by atoms with Gasteiger partial charge in [-0.25, -0.2) is 9.98 Å². The van der Waals surface area contributed by atoms with E-state index in [4.69, 9.17) is 9.26 Å². The van der Waals surface area contributed by atoms with Crippen LogP contribution in [-0.4, -0.2) is 35.4 Å². The van der Waals surface area contributed by atoms with E-state index in [1.807, 2.05) is 20.8 Å². The SMILES string of the molecule is CCNC(=NCc1cccnc1OCC(F)(F)F)NCc1c(CC)noc1CC. The number of guanidine groups is 1. The van der Waals surface area contributed by atoms with Gasteiger partial charge in [0.25, 0.3) is 0 Å². The van der Waals surface area contributed by atoms with E-state index in [1.165, 1.54) is 6.20 Å². The van der Waals surface area contributed by atoms with Crippen LogP contribution in [0.15, 0.2) is 27.8 Å². The molecule has 7 nitrogen and oxygen atoms in total. The Morgan fingerprint density at radius 2 is 2.00 bits per heavy atom. The highest BCUT2D eigenvalue weighted by Gasteiger charge is 2.29. The van der Waals surface area contributed by atoms with E-state index in [-0.39, 0.29) is 12.4 Å². The molecule has 0 aromatic carbocycles. The van der Waals surface area contributed by atoms with Crippen molar-refractivity contribution in [2.45, 2.75) is 52.9 Å². The van der Waals surface area contributed by atoms with Gasteiger partial charge in [-0.2, -0.15) is 13.2 Å². The van der Waals surface area contributed by atoms with Crippen LogP contribution in [0.4, 0.5) is 13.2 Å². The van der Waals surface area contributed by atoms with Crippen molar-refractivity contribution in [3.8, 4) is 5.88 Å². The molecule has 0 bridgehead atoms. The molecule has 0 fully saturated rings. The van der Waals surface area contributed by atoms with Crippen LogP contribution in [0.1, 0.15) is 43.4 Å². The fourth-order valence-electron chi connectivity index (χ4n) is 2.64. The Bertz CT molecular complexity index is 784. The first-order chi connectivity index (χ1) is 13.9. The molecule has 0 aliphatic heterocycles. The third-order valence-corrected chi connectivity index (χ3v) is 4.01. The second kappa shape index (κ2) is 10.7. The van der Waals surface area contributed by atoms with Crippen molar-refractivity contribution in [3.63, 3.8) is 0 Å². The number of aliphatic imine (C=N–C) groups is 1. The quantitative estimate of drug-likeness (QED) is 0.484. The lowest BCUT2D eigenvalue weighted by molar-refractivity contribution is -0.154. The average Bonchev–Trinajstić information content (AvgIpc) is 3.10. The van der Waals surface area contributed by atoms with Gasteiger partial charge in [-0.1, -0.05) is 25.1 Å². The molecule has 0 amide bonds. The largest absolute Gasteiger partial charge is 0.468 e. The summed E-state index contributed by atoms with van der Waals surface area (Å²) >= 11 is 0. The van der Waals surface area contributed by atoms with E-state index in [1.54, 1.807) is 12.1 Å². The summed E-state index contributed by atoms with van der Waals surface area (Å²) in [7, 11) is 0. The van der Waals surface area contributed by atoms with Gasteiger partial charge in [0.2, 0.25) is 5.88 Å². The highest BCUT2D eigenvalue weighted by Crippen LogP contribution is 2.20. The molecule has 0 saturated heterocycles. The molecular formula is C19H26F3N5O2. The third kappa shape index (κ3) is 6.95. The highest BCUT2D eigenvalue weighted by molar-refractivity contribution is 5.79. The number of alkyl halides is 3. The van der Waals surface area contributed by atoms with Gasteiger partial charge in [0.1, 0.15) is 5.76 Å². The summed E-state index contributed by atoms with van der Waals surface area (Å²) in [6, 6.07) is 3.26. The molecule has 2 aromatic heterocycles. The maximum absolute atomic E-state index is 12.4. The zero-order valence-electron chi connectivity index (χ0n) is 16.8. The summed E-state index contributed by atoms with van der Waals surface area (Å²) < 4.78 is 47.5. The fourth-order valence-corrected chi connectivity index (χ4v) is 2.64. The van der Waals surface area contributed by atoms with Crippen molar-refractivity contribution in [2.24, 2.45) is 4.99 Å². The standard InChI is InChI=1S/C19H26F3N5O2/c1-4-15-14(16(5-2)29-27-15)11-26-18(23-6-3)25-10-13-8-7-9-24-17(13)28-12-19(20,21)22/h7-9H,4-6,10-12H2,1-3H3,(H2,23,25,26). The summed E-state index contributed by atoms with van der Waals surface area (Å²) in [5, 5.41) is 10.4. The zero-order valence-corrected chi connectivity index (χ0v) is 16.8. The van der Waals surface area contributed by atoms with Crippen LogP contribution in [0, 0.1) is 0 Å². The summed E-state index contributed by atoms with van der Waals surface area (Å²) in [5.41, 5.74) is 2.35. The van der Waals surface area contributed by atoms with Gasteiger partial charge in [-0.3, -0.25) is 0 Å². The minimum Gasteiger partial charge on any atom is -0.468 e. The van der Waals surface area contributed by atoms with Gasteiger partial charge in [-0.05, 0) is 19.4 Å². The van der Waals surface area contributed by atoms with Crippen LogP contribution in [0.2, 0.25) is 0 Å². The number of aryl methyl sites for hydroxylation is 2. The second-order valence-electron chi connectivity index (χ2n) is 6.16. The lowest BCUT2D eigenvalue weighted by atomic mass is 10.1. The number of halogens is 3. The summed E-state index contributed by atoms with van der Waals surface area (Å²) in [6.45, 7) is 5.74. The van der Waals surface area contributed by atoms with Crippen LogP contribution < -0.4 is 15.4 Å². The van der Waals surface area contributed by atoms with Gasteiger partial charge in [0.15, 0.2) is 12.6 Å². The fraction of sp³-hybridized carbons (Fsp3) is 0.526. The van der Waals surface area contributed by atoms with E-state index in [9.17, 15) is 13.2 Å². The van der Waals surface area contributed by atoms with Gasteiger partial charge < -0.3 is 19.9 Å². The molecule has 0 unspecified atom stereocenters. The monoisotopic (exact) mass is 413 g/mol. The molecule has 10 heteroatoms. The molecule has 0 radical (unpaired) electrons.